The molecule has 1 aromatic carbocycles. The lowest BCUT2D eigenvalue weighted by molar-refractivity contribution is -0.137. The lowest BCUT2D eigenvalue weighted by atomic mass is 9.97. The molecule has 1 fully saturated rings. The van der Waals surface area contributed by atoms with Crippen molar-refractivity contribution in [3.63, 3.8) is 0 Å². The molecule has 0 aliphatic carbocycles. The summed E-state index contributed by atoms with van der Waals surface area (Å²) in [6, 6.07) is 3.39. The van der Waals surface area contributed by atoms with Crippen LogP contribution >= 0.6 is 0 Å². The van der Waals surface area contributed by atoms with Crippen LogP contribution in [0.3, 0.4) is 0 Å². The highest BCUT2D eigenvalue weighted by atomic mass is 19.1. The zero-order valence-electron chi connectivity index (χ0n) is 16.4. The number of nitrogens with one attached hydrogen (secondary N) is 1. The average molecular weight is 396 g/mol. The van der Waals surface area contributed by atoms with Crippen molar-refractivity contribution in [2.45, 2.75) is 45.7 Å². The number of hydrogen-bond donors (Lipinski definition) is 2. The first-order valence-electron chi connectivity index (χ1n) is 9.43. The summed E-state index contributed by atoms with van der Waals surface area (Å²) < 4.78 is 15.5. The summed E-state index contributed by atoms with van der Waals surface area (Å²) in [6.45, 7) is 5.40. The molecule has 0 unspecified atom stereocenters. The normalized spacial score (nSPS) is 21.4. The van der Waals surface area contributed by atoms with Crippen molar-refractivity contribution in [1.29, 1.82) is 0 Å². The van der Waals surface area contributed by atoms with E-state index in [1.807, 2.05) is 13.8 Å². The van der Waals surface area contributed by atoms with Crippen molar-refractivity contribution in [1.82, 2.24) is 15.2 Å². The second kappa shape index (κ2) is 6.65. The van der Waals surface area contributed by atoms with E-state index in [0.717, 1.165) is 11.1 Å². The number of hydrogen-bond acceptors (Lipinski definition) is 5. The third kappa shape index (κ3) is 2.86. The number of piperidine rings is 1. The van der Waals surface area contributed by atoms with Gasteiger partial charge in [-0.15, -0.1) is 0 Å². The van der Waals surface area contributed by atoms with Crippen molar-refractivity contribution >= 4 is 23.5 Å². The van der Waals surface area contributed by atoms with Crippen LogP contribution in [0.4, 0.5) is 10.2 Å². The molecule has 0 radical (unpaired) electrons. The quantitative estimate of drug-likeness (QED) is 0.759. The number of carbonyl (C=O) groups excluding carboxylic acids is 3. The molecular weight excluding hydrogens is 375 g/mol. The lowest BCUT2D eigenvalue weighted by Crippen LogP contribution is -2.53. The molecular formula is C21H21FN4O3. The van der Waals surface area contributed by atoms with Crippen LogP contribution in [0.15, 0.2) is 18.2 Å². The van der Waals surface area contributed by atoms with E-state index >= 15 is 4.39 Å². The molecule has 3 heterocycles. The molecule has 2 aliphatic rings. The highest BCUT2D eigenvalue weighted by Crippen LogP contribution is 2.41. The van der Waals surface area contributed by atoms with Gasteiger partial charge in [-0.3, -0.25) is 19.7 Å². The largest absolute Gasteiger partial charge is 0.383 e. The molecule has 3 N–H and O–H groups in total. The third-order valence-corrected chi connectivity index (χ3v) is 5.87. The van der Waals surface area contributed by atoms with E-state index in [0.29, 0.717) is 11.5 Å². The smallest absolute Gasteiger partial charge is 0.255 e. The van der Waals surface area contributed by atoms with Crippen molar-refractivity contribution in [3.05, 3.63) is 46.3 Å². The summed E-state index contributed by atoms with van der Waals surface area (Å²) >= 11 is 0. The molecule has 7 nitrogen and oxygen atoms in total. The Kier molecular flexibility index (Phi) is 4.37. The number of aryl methyl sites for hydroxylation is 1. The topological polar surface area (TPSA) is 105 Å². The zero-order valence-corrected chi connectivity index (χ0v) is 16.4. The maximum atomic E-state index is 15.5. The van der Waals surface area contributed by atoms with Crippen LogP contribution in [0.5, 0.6) is 0 Å². The molecule has 0 saturated carbocycles. The summed E-state index contributed by atoms with van der Waals surface area (Å²) in [5, 5.41) is 2.25. The van der Waals surface area contributed by atoms with E-state index in [4.69, 9.17) is 5.73 Å². The molecule has 29 heavy (non-hydrogen) atoms. The van der Waals surface area contributed by atoms with E-state index < -0.39 is 29.7 Å². The minimum atomic E-state index is -0.805. The number of aromatic nitrogens is 1. The minimum Gasteiger partial charge on any atom is -0.383 e. The van der Waals surface area contributed by atoms with Gasteiger partial charge in [-0.2, -0.15) is 0 Å². The number of rotatable bonds is 2. The fourth-order valence-corrected chi connectivity index (χ4v) is 4.10. The van der Waals surface area contributed by atoms with Gasteiger partial charge in [0.1, 0.15) is 17.7 Å². The molecule has 0 bridgehead atoms. The minimum absolute atomic E-state index is 0.142. The van der Waals surface area contributed by atoms with Crippen LogP contribution in [0.25, 0.3) is 11.3 Å². The monoisotopic (exact) mass is 396 g/mol. The summed E-state index contributed by atoms with van der Waals surface area (Å²) in [7, 11) is 0. The number of carbonyl (C=O) groups is 3. The number of halogens is 1. The number of anilines is 1. The first-order valence-corrected chi connectivity index (χ1v) is 9.43. The summed E-state index contributed by atoms with van der Waals surface area (Å²) in [6.07, 6.45) is 0.362. The number of nitrogen functional groups attached to an aromatic ring is 1. The van der Waals surface area contributed by atoms with Crippen molar-refractivity contribution < 1.29 is 18.8 Å². The van der Waals surface area contributed by atoms with Gasteiger partial charge in [0.15, 0.2) is 0 Å². The first-order chi connectivity index (χ1) is 13.7. The number of imide groups is 1. The Morgan fingerprint density at radius 1 is 1.21 bits per heavy atom. The number of fused-ring (bicyclic) bond motifs is 1. The number of pyridine rings is 1. The molecule has 8 heteroatoms. The van der Waals surface area contributed by atoms with E-state index in [-0.39, 0.29) is 35.4 Å². The number of benzene rings is 1. The Bertz CT molecular complexity index is 1060. The van der Waals surface area contributed by atoms with Gasteiger partial charge in [-0.05, 0) is 56.5 Å². The highest BCUT2D eigenvalue weighted by Gasteiger charge is 2.44. The number of nitrogens with zero attached hydrogens (tertiary/aromatic N) is 2. The predicted molar refractivity (Wildman–Crippen MR) is 104 cm³/mol. The van der Waals surface area contributed by atoms with Crippen LogP contribution in [0.2, 0.25) is 0 Å². The van der Waals surface area contributed by atoms with Crippen LogP contribution in [0, 0.1) is 19.7 Å². The van der Waals surface area contributed by atoms with Gasteiger partial charge in [0.05, 0.1) is 11.7 Å². The highest BCUT2D eigenvalue weighted by molar-refractivity contribution is 6.06. The SMILES string of the molecule is Cc1cc(-c2ccc3c(c2F)[C@@H](C)N([C@H]2CCC(=O)NC2=O)C3=O)nc(N)c1C. The Morgan fingerprint density at radius 2 is 1.90 bits per heavy atom. The molecule has 2 aromatic rings. The Morgan fingerprint density at radius 3 is 2.55 bits per heavy atom. The van der Waals surface area contributed by atoms with Gasteiger partial charge >= 0.3 is 0 Å². The molecule has 3 amide bonds. The second-order valence-electron chi connectivity index (χ2n) is 7.58. The fraction of sp³-hybridized carbons (Fsp3) is 0.333. The van der Waals surface area contributed by atoms with Crippen LogP contribution in [-0.4, -0.2) is 33.6 Å². The van der Waals surface area contributed by atoms with Gasteiger partial charge in [0.2, 0.25) is 11.8 Å². The predicted octanol–water partition coefficient (Wildman–Crippen LogP) is 2.41. The van der Waals surface area contributed by atoms with Crippen molar-refractivity contribution in [2.75, 3.05) is 5.73 Å². The van der Waals surface area contributed by atoms with Crippen LogP contribution in [0.1, 0.15) is 52.9 Å². The number of amides is 3. The van der Waals surface area contributed by atoms with E-state index in [9.17, 15) is 14.4 Å². The van der Waals surface area contributed by atoms with E-state index in [2.05, 4.69) is 10.3 Å². The summed E-state index contributed by atoms with van der Waals surface area (Å²) in [5.41, 5.74) is 8.78. The molecule has 2 atom stereocenters. The van der Waals surface area contributed by atoms with Gasteiger partial charge in [0.25, 0.3) is 5.91 Å². The molecule has 1 aromatic heterocycles. The maximum absolute atomic E-state index is 15.5. The molecule has 150 valence electrons. The Hall–Kier alpha value is -3.29. The Labute approximate surface area is 167 Å². The van der Waals surface area contributed by atoms with Crippen molar-refractivity contribution in [2.24, 2.45) is 0 Å². The third-order valence-electron chi connectivity index (χ3n) is 5.87. The Balaban J connectivity index is 1.77. The summed E-state index contributed by atoms with van der Waals surface area (Å²) in [5.74, 6) is -1.53. The lowest BCUT2D eigenvalue weighted by Gasteiger charge is -2.32. The molecule has 1 saturated heterocycles. The molecule has 2 aliphatic heterocycles. The van der Waals surface area contributed by atoms with Gasteiger partial charge in [-0.25, -0.2) is 9.37 Å². The van der Waals surface area contributed by atoms with Gasteiger partial charge in [0, 0.05) is 23.1 Å². The maximum Gasteiger partial charge on any atom is 0.255 e. The standard InChI is InChI=1S/C21H21FN4O3/c1-9-8-14(24-19(23)10(9)2)12-4-5-13-17(18(12)22)11(3)26(21(13)29)15-6-7-16(27)25-20(15)28/h4-5,8,11,15H,6-7H2,1-3H3,(H2,23,24)(H,25,27,28)/t11-,15+/m1/s1. The zero-order chi connectivity index (χ0) is 21.0. The van der Waals surface area contributed by atoms with Gasteiger partial charge < -0.3 is 10.6 Å². The average Bonchev–Trinajstić information content (AvgIpc) is 2.91. The van der Waals surface area contributed by atoms with Crippen molar-refractivity contribution in [3.8, 4) is 11.3 Å². The van der Waals surface area contributed by atoms with Gasteiger partial charge in [-0.1, -0.05) is 0 Å². The van der Waals surface area contributed by atoms with E-state index in [1.165, 1.54) is 11.0 Å². The summed E-state index contributed by atoms with van der Waals surface area (Å²) in [4.78, 5) is 42.3. The second-order valence-corrected chi connectivity index (χ2v) is 7.58. The molecule has 4 rings (SSSR count). The van der Waals surface area contributed by atoms with E-state index in [1.54, 1.807) is 19.1 Å². The van der Waals surface area contributed by atoms with Crippen LogP contribution in [-0.2, 0) is 9.59 Å². The first kappa shape index (κ1) is 19.0. The number of nitrogens with two attached hydrogens (primary N) is 1. The van der Waals surface area contributed by atoms with Crippen LogP contribution < -0.4 is 11.1 Å². The molecule has 0 spiro atoms. The fourth-order valence-electron chi connectivity index (χ4n) is 4.10.